The van der Waals surface area contributed by atoms with Crippen molar-refractivity contribution >= 4 is 11.9 Å². The van der Waals surface area contributed by atoms with E-state index in [0.717, 1.165) is 19.3 Å². The molecule has 0 rings (SSSR count). The molecule has 0 amide bonds. The number of carbonyl (C=O) groups excluding carboxylic acids is 2. The van der Waals surface area contributed by atoms with E-state index < -0.39 is 5.41 Å². The predicted octanol–water partition coefficient (Wildman–Crippen LogP) is 3.87. The Morgan fingerprint density at radius 1 is 0.900 bits per heavy atom. The summed E-state index contributed by atoms with van der Waals surface area (Å²) in [5, 5.41) is 0. The number of esters is 2. The molecule has 4 nitrogen and oxygen atoms in total. The fourth-order valence-corrected chi connectivity index (χ4v) is 1.71. The van der Waals surface area contributed by atoms with Crippen LogP contribution in [0.3, 0.4) is 0 Å². The molecule has 0 saturated carbocycles. The lowest BCUT2D eigenvalue weighted by molar-refractivity contribution is -0.155. The van der Waals surface area contributed by atoms with Gasteiger partial charge in [0.2, 0.25) is 0 Å². The fourth-order valence-electron chi connectivity index (χ4n) is 1.71. The Balaban J connectivity index is 4.45. The third-order valence-electron chi connectivity index (χ3n) is 3.81. The molecular formula is C16H30O4. The lowest BCUT2D eigenvalue weighted by atomic mass is 9.81. The molecule has 0 aliphatic rings. The molecule has 0 aliphatic heterocycles. The van der Waals surface area contributed by atoms with Crippen molar-refractivity contribution in [3.63, 3.8) is 0 Å². The van der Waals surface area contributed by atoms with E-state index >= 15 is 0 Å². The molecule has 0 saturated heterocycles. The average molecular weight is 286 g/mol. The SMILES string of the molecule is CCC(C)OC(=O)CC(C)(CC)CC(=O)OC(C)CC. The highest BCUT2D eigenvalue weighted by Crippen LogP contribution is 2.31. The second kappa shape index (κ2) is 8.98. The van der Waals surface area contributed by atoms with Crippen LogP contribution in [0.1, 0.15) is 73.6 Å². The molecule has 0 aromatic carbocycles. The van der Waals surface area contributed by atoms with Gasteiger partial charge in [-0.3, -0.25) is 9.59 Å². The van der Waals surface area contributed by atoms with Crippen LogP contribution < -0.4 is 0 Å². The van der Waals surface area contributed by atoms with Crippen molar-refractivity contribution in [1.29, 1.82) is 0 Å². The van der Waals surface area contributed by atoms with Crippen LogP contribution in [0.5, 0.6) is 0 Å². The van der Waals surface area contributed by atoms with Gasteiger partial charge < -0.3 is 9.47 Å². The van der Waals surface area contributed by atoms with Crippen LogP contribution in [-0.2, 0) is 19.1 Å². The average Bonchev–Trinajstić information content (AvgIpc) is 2.37. The quantitative estimate of drug-likeness (QED) is 0.604. The molecule has 0 bridgehead atoms. The van der Waals surface area contributed by atoms with E-state index in [9.17, 15) is 9.59 Å². The van der Waals surface area contributed by atoms with Crippen molar-refractivity contribution in [2.45, 2.75) is 85.9 Å². The van der Waals surface area contributed by atoms with Gasteiger partial charge in [0.25, 0.3) is 0 Å². The summed E-state index contributed by atoms with van der Waals surface area (Å²) in [5.41, 5.74) is -0.394. The van der Waals surface area contributed by atoms with Crippen molar-refractivity contribution in [3.8, 4) is 0 Å². The maximum atomic E-state index is 11.9. The third-order valence-corrected chi connectivity index (χ3v) is 3.81. The zero-order valence-corrected chi connectivity index (χ0v) is 13.8. The highest BCUT2D eigenvalue weighted by molar-refractivity contribution is 5.74. The van der Waals surface area contributed by atoms with E-state index in [1.54, 1.807) is 0 Å². The van der Waals surface area contributed by atoms with Crippen molar-refractivity contribution in [3.05, 3.63) is 0 Å². The van der Waals surface area contributed by atoms with E-state index in [1.165, 1.54) is 0 Å². The summed E-state index contributed by atoms with van der Waals surface area (Å²) in [6, 6.07) is 0. The third kappa shape index (κ3) is 7.51. The molecule has 2 atom stereocenters. The molecule has 0 fully saturated rings. The highest BCUT2D eigenvalue weighted by Gasteiger charge is 2.31. The summed E-state index contributed by atoms with van der Waals surface area (Å²) in [5.74, 6) is -0.472. The van der Waals surface area contributed by atoms with Gasteiger partial charge in [-0.1, -0.05) is 27.7 Å². The van der Waals surface area contributed by atoms with Crippen LogP contribution in [0.4, 0.5) is 0 Å². The molecule has 0 spiro atoms. The van der Waals surface area contributed by atoms with E-state index in [1.807, 2.05) is 41.5 Å². The van der Waals surface area contributed by atoms with Gasteiger partial charge in [0.1, 0.15) is 0 Å². The predicted molar refractivity (Wildman–Crippen MR) is 79.3 cm³/mol. The summed E-state index contributed by atoms with van der Waals surface area (Å²) >= 11 is 0. The molecule has 118 valence electrons. The Morgan fingerprint density at radius 2 is 1.25 bits per heavy atom. The van der Waals surface area contributed by atoms with Gasteiger partial charge in [0.05, 0.1) is 25.0 Å². The monoisotopic (exact) mass is 286 g/mol. The smallest absolute Gasteiger partial charge is 0.306 e. The standard InChI is InChI=1S/C16H30O4/c1-7-12(4)19-14(17)10-16(6,9-3)11-15(18)20-13(5)8-2/h12-13H,7-11H2,1-6H3. The first-order valence-electron chi connectivity index (χ1n) is 7.65. The highest BCUT2D eigenvalue weighted by atomic mass is 16.5. The minimum atomic E-state index is -0.394. The minimum Gasteiger partial charge on any atom is -0.463 e. The Kier molecular flexibility index (Phi) is 8.51. The minimum absolute atomic E-state index is 0.0735. The normalized spacial score (nSPS) is 16.9. The summed E-state index contributed by atoms with van der Waals surface area (Å²) in [6.45, 7) is 11.6. The molecule has 20 heavy (non-hydrogen) atoms. The number of rotatable bonds is 9. The summed E-state index contributed by atoms with van der Waals surface area (Å²) in [7, 11) is 0. The fraction of sp³-hybridized carbons (Fsp3) is 0.875. The van der Waals surface area contributed by atoms with Gasteiger partial charge >= 0.3 is 11.9 Å². The van der Waals surface area contributed by atoms with Gasteiger partial charge in [-0.2, -0.15) is 0 Å². The molecule has 0 radical (unpaired) electrons. The lowest BCUT2D eigenvalue weighted by Gasteiger charge is -2.27. The van der Waals surface area contributed by atoms with E-state index in [4.69, 9.17) is 9.47 Å². The number of carbonyl (C=O) groups is 2. The van der Waals surface area contributed by atoms with Crippen LogP contribution >= 0.6 is 0 Å². The van der Waals surface area contributed by atoms with E-state index in [-0.39, 0.29) is 37.0 Å². The van der Waals surface area contributed by atoms with Gasteiger partial charge in [-0.05, 0) is 38.5 Å². The maximum Gasteiger partial charge on any atom is 0.306 e. The molecule has 0 aliphatic carbocycles. The Morgan fingerprint density at radius 3 is 1.50 bits per heavy atom. The number of ether oxygens (including phenoxy) is 2. The summed E-state index contributed by atoms with van der Waals surface area (Å²) < 4.78 is 10.6. The number of hydrogen-bond donors (Lipinski definition) is 0. The first-order chi connectivity index (χ1) is 9.26. The molecule has 4 heteroatoms. The first kappa shape index (κ1) is 18.9. The molecule has 0 aromatic rings. The van der Waals surface area contributed by atoms with Crippen LogP contribution in [0.2, 0.25) is 0 Å². The Hall–Kier alpha value is -1.06. The van der Waals surface area contributed by atoms with Crippen molar-refractivity contribution < 1.29 is 19.1 Å². The van der Waals surface area contributed by atoms with Gasteiger partial charge in [-0.25, -0.2) is 0 Å². The molecule has 2 unspecified atom stereocenters. The van der Waals surface area contributed by atoms with Crippen LogP contribution in [-0.4, -0.2) is 24.1 Å². The lowest BCUT2D eigenvalue weighted by Crippen LogP contribution is -2.28. The maximum absolute atomic E-state index is 11.9. The first-order valence-corrected chi connectivity index (χ1v) is 7.65. The molecule has 0 heterocycles. The second-order valence-electron chi connectivity index (χ2n) is 5.94. The molecule has 0 aromatic heterocycles. The second-order valence-corrected chi connectivity index (χ2v) is 5.94. The van der Waals surface area contributed by atoms with Crippen molar-refractivity contribution in [1.82, 2.24) is 0 Å². The van der Waals surface area contributed by atoms with Crippen molar-refractivity contribution in [2.75, 3.05) is 0 Å². The zero-order chi connectivity index (χ0) is 15.8. The van der Waals surface area contributed by atoms with E-state index in [0.29, 0.717) is 0 Å². The van der Waals surface area contributed by atoms with Crippen LogP contribution in [0.25, 0.3) is 0 Å². The summed E-state index contributed by atoms with van der Waals surface area (Å²) in [6.07, 6.45) is 2.69. The topological polar surface area (TPSA) is 52.6 Å². The zero-order valence-electron chi connectivity index (χ0n) is 13.8. The van der Waals surface area contributed by atoms with Gasteiger partial charge in [-0.15, -0.1) is 0 Å². The van der Waals surface area contributed by atoms with Crippen LogP contribution in [0.15, 0.2) is 0 Å². The molecular weight excluding hydrogens is 256 g/mol. The molecule has 0 N–H and O–H groups in total. The number of hydrogen-bond acceptors (Lipinski definition) is 4. The van der Waals surface area contributed by atoms with E-state index in [2.05, 4.69) is 0 Å². The Bertz CT molecular complexity index is 286. The van der Waals surface area contributed by atoms with Gasteiger partial charge in [0, 0.05) is 0 Å². The largest absolute Gasteiger partial charge is 0.463 e. The van der Waals surface area contributed by atoms with Crippen LogP contribution in [0, 0.1) is 5.41 Å². The van der Waals surface area contributed by atoms with Crippen molar-refractivity contribution in [2.24, 2.45) is 5.41 Å². The Labute approximate surface area is 123 Å². The summed E-state index contributed by atoms with van der Waals surface area (Å²) in [4.78, 5) is 23.7. The van der Waals surface area contributed by atoms with Gasteiger partial charge in [0.15, 0.2) is 0 Å².